The first-order valence-electron chi connectivity index (χ1n) is 8.33. The Kier molecular flexibility index (Phi) is 6.73. The second-order valence-corrected chi connectivity index (χ2v) is 6.20. The highest BCUT2D eigenvalue weighted by molar-refractivity contribution is 6.15. The van der Waals surface area contributed by atoms with Gasteiger partial charge in [-0.05, 0) is 32.0 Å². The number of nitrogens with one attached hydrogen (secondary N) is 1. The summed E-state index contributed by atoms with van der Waals surface area (Å²) in [5.41, 5.74) is 1.58. The highest BCUT2D eigenvalue weighted by Crippen LogP contribution is 2.21. The number of carbonyl (C=O) groups excluding carboxylic acids is 2. The topological polar surface area (TPSA) is 49.4 Å². The van der Waals surface area contributed by atoms with Gasteiger partial charge < -0.3 is 10.2 Å². The number of halogens is 1. The second kappa shape index (κ2) is 8.79. The van der Waals surface area contributed by atoms with Crippen molar-refractivity contribution in [2.75, 3.05) is 26.7 Å². The molecule has 1 saturated heterocycles. The van der Waals surface area contributed by atoms with E-state index in [-0.39, 0.29) is 24.1 Å². The molecule has 0 bridgehead atoms. The van der Waals surface area contributed by atoms with Gasteiger partial charge in [0.05, 0.1) is 5.56 Å². The molecule has 1 unspecified atom stereocenters. The van der Waals surface area contributed by atoms with Crippen molar-refractivity contribution in [2.24, 2.45) is 5.92 Å². The largest absolute Gasteiger partial charge is 0.338 e. The highest BCUT2D eigenvalue weighted by atomic mass is 35.5. The van der Waals surface area contributed by atoms with E-state index in [1.807, 2.05) is 36.2 Å². The number of likely N-dealkylation sites (tertiary alicyclic amines) is 1. The van der Waals surface area contributed by atoms with Crippen LogP contribution in [0.25, 0.3) is 0 Å². The minimum atomic E-state index is -0.106. The van der Waals surface area contributed by atoms with Crippen LogP contribution in [0.1, 0.15) is 32.7 Å². The van der Waals surface area contributed by atoms with Crippen LogP contribution in [-0.2, 0) is 0 Å². The lowest BCUT2D eigenvalue weighted by atomic mass is 9.97. The molecule has 5 heteroatoms. The first-order chi connectivity index (χ1) is 11.7. The summed E-state index contributed by atoms with van der Waals surface area (Å²) in [6.45, 7) is 2.40. The minimum Gasteiger partial charge on any atom is -0.338 e. The number of carbonyl (C=O) groups is 2. The summed E-state index contributed by atoms with van der Waals surface area (Å²) in [6.07, 6.45) is 1.00. The smallest absolute Gasteiger partial charge is 0.254 e. The lowest BCUT2D eigenvalue weighted by Gasteiger charge is -2.18. The van der Waals surface area contributed by atoms with E-state index < -0.39 is 0 Å². The molecule has 3 rings (SSSR count). The second-order valence-electron chi connectivity index (χ2n) is 6.20. The average Bonchev–Trinajstić information content (AvgIpc) is 3.10. The number of ketones is 1. The first kappa shape index (κ1) is 19.2. The van der Waals surface area contributed by atoms with Crippen molar-refractivity contribution >= 4 is 24.1 Å². The maximum atomic E-state index is 12.9. The van der Waals surface area contributed by atoms with Crippen LogP contribution in [0.2, 0.25) is 0 Å². The van der Waals surface area contributed by atoms with Crippen LogP contribution < -0.4 is 5.32 Å². The van der Waals surface area contributed by atoms with Gasteiger partial charge in [-0.1, -0.05) is 48.5 Å². The van der Waals surface area contributed by atoms with Crippen molar-refractivity contribution < 1.29 is 9.59 Å². The maximum absolute atomic E-state index is 12.9. The zero-order valence-electron chi connectivity index (χ0n) is 14.3. The van der Waals surface area contributed by atoms with Crippen molar-refractivity contribution in [3.05, 3.63) is 71.3 Å². The quantitative estimate of drug-likeness (QED) is 0.836. The molecule has 25 heavy (non-hydrogen) atoms. The van der Waals surface area contributed by atoms with Gasteiger partial charge in [0.15, 0.2) is 5.78 Å². The normalized spacial score (nSPS) is 16.4. The fourth-order valence-electron chi connectivity index (χ4n) is 3.26. The first-order valence-corrected chi connectivity index (χ1v) is 8.33. The zero-order valence-corrected chi connectivity index (χ0v) is 15.1. The van der Waals surface area contributed by atoms with E-state index in [1.165, 1.54) is 0 Å². The zero-order chi connectivity index (χ0) is 16.9. The Morgan fingerprint density at radius 1 is 1.04 bits per heavy atom. The van der Waals surface area contributed by atoms with E-state index in [0.717, 1.165) is 26.1 Å². The molecule has 0 radical (unpaired) electrons. The summed E-state index contributed by atoms with van der Waals surface area (Å²) in [6, 6.07) is 16.2. The highest BCUT2D eigenvalue weighted by Gasteiger charge is 2.28. The predicted molar refractivity (Wildman–Crippen MR) is 102 cm³/mol. The standard InChI is InChI=1S/C20H22N2O2.ClH/c1-21-13-15-11-12-22(14-15)20(24)18-10-6-5-9-17(18)19(23)16-7-3-2-4-8-16;/h2-10,15,21H,11-14H2,1H3;1H. The number of hydrogen-bond acceptors (Lipinski definition) is 3. The summed E-state index contributed by atoms with van der Waals surface area (Å²) in [7, 11) is 1.93. The number of benzene rings is 2. The van der Waals surface area contributed by atoms with Crippen molar-refractivity contribution in [1.29, 1.82) is 0 Å². The van der Waals surface area contributed by atoms with Crippen LogP contribution in [0.15, 0.2) is 54.6 Å². The molecule has 1 N–H and O–H groups in total. The van der Waals surface area contributed by atoms with E-state index in [1.54, 1.807) is 30.3 Å². The summed E-state index contributed by atoms with van der Waals surface area (Å²) >= 11 is 0. The van der Waals surface area contributed by atoms with Gasteiger partial charge in [-0.3, -0.25) is 9.59 Å². The molecule has 0 aliphatic carbocycles. The molecule has 0 saturated carbocycles. The minimum absolute atomic E-state index is 0. The Bertz CT molecular complexity index is 733. The monoisotopic (exact) mass is 358 g/mol. The molecule has 1 amide bonds. The average molecular weight is 359 g/mol. The molecule has 0 spiro atoms. The molecule has 0 aromatic heterocycles. The Morgan fingerprint density at radius 2 is 1.68 bits per heavy atom. The predicted octanol–water partition coefficient (Wildman–Crippen LogP) is 3.02. The van der Waals surface area contributed by atoms with Crippen LogP contribution >= 0.6 is 12.4 Å². The van der Waals surface area contributed by atoms with Crippen LogP contribution in [0.5, 0.6) is 0 Å². The molecule has 1 aliphatic heterocycles. The van der Waals surface area contributed by atoms with Crippen LogP contribution in [0.4, 0.5) is 0 Å². The van der Waals surface area contributed by atoms with E-state index in [0.29, 0.717) is 22.6 Å². The van der Waals surface area contributed by atoms with Gasteiger partial charge >= 0.3 is 0 Å². The maximum Gasteiger partial charge on any atom is 0.254 e. The molecule has 1 aliphatic rings. The van der Waals surface area contributed by atoms with E-state index in [2.05, 4.69) is 5.32 Å². The summed E-state index contributed by atoms with van der Waals surface area (Å²) in [5.74, 6) is 0.329. The molecular weight excluding hydrogens is 336 g/mol. The van der Waals surface area contributed by atoms with Crippen molar-refractivity contribution in [2.45, 2.75) is 6.42 Å². The van der Waals surface area contributed by atoms with Crippen molar-refractivity contribution in [3.8, 4) is 0 Å². The molecule has 4 nitrogen and oxygen atoms in total. The van der Waals surface area contributed by atoms with Crippen LogP contribution in [-0.4, -0.2) is 43.3 Å². The van der Waals surface area contributed by atoms with Gasteiger partial charge in [-0.2, -0.15) is 0 Å². The lowest BCUT2D eigenvalue weighted by molar-refractivity contribution is 0.0782. The molecule has 1 atom stereocenters. The van der Waals surface area contributed by atoms with E-state index in [9.17, 15) is 9.59 Å². The number of rotatable bonds is 5. The summed E-state index contributed by atoms with van der Waals surface area (Å²) in [5, 5.41) is 3.17. The Balaban J connectivity index is 0.00000225. The molecule has 2 aromatic rings. The third kappa shape index (κ3) is 4.27. The lowest BCUT2D eigenvalue weighted by Crippen LogP contribution is -2.31. The van der Waals surface area contributed by atoms with Gasteiger partial charge in [0.25, 0.3) is 5.91 Å². The van der Waals surface area contributed by atoms with Gasteiger partial charge in [0.2, 0.25) is 0 Å². The number of amides is 1. The van der Waals surface area contributed by atoms with Gasteiger partial charge in [-0.15, -0.1) is 12.4 Å². The fourth-order valence-corrected chi connectivity index (χ4v) is 3.26. The van der Waals surface area contributed by atoms with Crippen molar-refractivity contribution in [3.63, 3.8) is 0 Å². The Hall–Kier alpha value is -2.17. The number of nitrogens with zero attached hydrogens (tertiary/aromatic N) is 1. The van der Waals surface area contributed by atoms with Gasteiger partial charge in [0, 0.05) is 24.2 Å². The summed E-state index contributed by atoms with van der Waals surface area (Å²) in [4.78, 5) is 27.5. The van der Waals surface area contributed by atoms with Crippen LogP contribution in [0, 0.1) is 5.92 Å². The fraction of sp³-hybridized carbons (Fsp3) is 0.300. The van der Waals surface area contributed by atoms with Crippen molar-refractivity contribution in [1.82, 2.24) is 10.2 Å². The van der Waals surface area contributed by atoms with Gasteiger partial charge in [0.1, 0.15) is 0 Å². The van der Waals surface area contributed by atoms with Crippen LogP contribution in [0.3, 0.4) is 0 Å². The molecule has 2 aromatic carbocycles. The SMILES string of the molecule is CNCC1CCN(C(=O)c2ccccc2C(=O)c2ccccc2)C1.Cl. The third-order valence-electron chi connectivity index (χ3n) is 4.50. The molecule has 132 valence electrons. The molecule has 1 heterocycles. The van der Waals surface area contributed by atoms with E-state index >= 15 is 0 Å². The summed E-state index contributed by atoms with van der Waals surface area (Å²) < 4.78 is 0. The van der Waals surface area contributed by atoms with E-state index in [4.69, 9.17) is 0 Å². The number of hydrogen-bond donors (Lipinski definition) is 1. The third-order valence-corrected chi connectivity index (χ3v) is 4.50. The molecule has 1 fully saturated rings. The Labute approximate surface area is 154 Å². The Morgan fingerprint density at radius 3 is 2.36 bits per heavy atom. The van der Waals surface area contributed by atoms with Gasteiger partial charge in [-0.25, -0.2) is 0 Å². The molecular formula is C20H23ClN2O2.